The molecule has 0 fully saturated rings. The maximum absolute atomic E-state index is 13.3. The van der Waals surface area contributed by atoms with Crippen molar-refractivity contribution in [2.45, 2.75) is 28.8 Å². The van der Waals surface area contributed by atoms with Gasteiger partial charge in [-0.25, -0.2) is 8.42 Å². The summed E-state index contributed by atoms with van der Waals surface area (Å²) in [6.45, 7) is 0.284. The van der Waals surface area contributed by atoms with E-state index in [-0.39, 0.29) is 34.0 Å². The molecule has 0 saturated carbocycles. The van der Waals surface area contributed by atoms with Crippen molar-refractivity contribution in [3.8, 4) is 22.6 Å². The van der Waals surface area contributed by atoms with E-state index in [1.165, 1.54) is 0 Å². The first-order valence-corrected chi connectivity index (χ1v) is 12.5. The van der Waals surface area contributed by atoms with Crippen molar-refractivity contribution in [2.24, 2.45) is 0 Å². The molecule has 3 aromatic carbocycles. The molecule has 0 aliphatic rings. The maximum Gasteiger partial charge on any atom is 0.426 e. The molecule has 2 N–H and O–H groups in total. The fourth-order valence-electron chi connectivity index (χ4n) is 3.23. The van der Waals surface area contributed by atoms with Crippen LogP contribution in [0.3, 0.4) is 0 Å². The first-order chi connectivity index (χ1) is 17.3. The summed E-state index contributed by atoms with van der Waals surface area (Å²) in [5, 5.41) is 10.4. The van der Waals surface area contributed by atoms with Crippen molar-refractivity contribution < 1.29 is 35.9 Å². The zero-order valence-corrected chi connectivity index (χ0v) is 20.5. The summed E-state index contributed by atoms with van der Waals surface area (Å²) in [6.07, 6.45) is -5.25. The van der Waals surface area contributed by atoms with E-state index in [1.54, 1.807) is 60.7 Å². The molecule has 37 heavy (non-hydrogen) atoms. The topological polar surface area (TPSA) is 110 Å². The second-order valence-electron chi connectivity index (χ2n) is 8.06. The zero-order valence-electron chi connectivity index (χ0n) is 19.0. The number of nitrogens with one attached hydrogen (secondary N) is 1. The molecule has 1 heterocycles. The van der Waals surface area contributed by atoms with E-state index in [9.17, 15) is 31.5 Å². The van der Waals surface area contributed by atoms with Gasteiger partial charge in [-0.15, -0.1) is 0 Å². The van der Waals surface area contributed by atoms with E-state index in [0.29, 0.717) is 11.1 Å². The smallest absolute Gasteiger partial charge is 0.426 e. The number of carbonyl (C=O) groups is 1. The van der Waals surface area contributed by atoms with Gasteiger partial charge in [0, 0.05) is 11.1 Å². The first-order valence-electron chi connectivity index (χ1n) is 10.6. The van der Waals surface area contributed by atoms with E-state index in [1.807, 2.05) is 5.32 Å². The highest BCUT2D eigenvalue weighted by Gasteiger charge is 2.55. The van der Waals surface area contributed by atoms with Gasteiger partial charge in [0.15, 0.2) is 5.76 Å². The number of carbonyl (C=O) groups excluding carboxylic acids is 1. The fourth-order valence-corrected chi connectivity index (χ4v) is 4.65. The molecule has 12 heteroatoms. The lowest BCUT2D eigenvalue weighted by Gasteiger charge is -2.25. The number of rotatable bonds is 6. The number of aromatic nitrogens is 1. The highest BCUT2D eigenvalue weighted by atomic mass is 35.5. The minimum atomic E-state index is -5.25. The minimum absolute atomic E-state index is 0.217. The van der Waals surface area contributed by atoms with E-state index in [2.05, 4.69) is 4.98 Å². The Morgan fingerprint density at radius 1 is 0.973 bits per heavy atom. The standard InChI is InChI=1S/C25H18ClF3N2O5S/c1-24(33,25(27,28)29)22(32)30-19-13-12-17(14-18(19)26)37(34,35)23-31-20(15-8-4-2-5-9-15)21(36-23)16-10-6-3-7-11-16/h2-14,33H,1H3,(H,30,32)/t24-/m1/s1. The maximum atomic E-state index is 13.3. The van der Waals surface area contributed by atoms with Crippen LogP contribution in [0.15, 0.2) is 93.4 Å². The second kappa shape index (κ2) is 9.66. The summed E-state index contributed by atoms with van der Waals surface area (Å²) in [7, 11) is -4.38. The van der Waals surface area contributed by atoms with Crippen LogP contribution in [-0.2, 0) is 14.6 Å². The summed E-state index contributed by atoms with van der Waals surface area (Å²) in [5.74, 6) is -1.57. The third kappa shape index (κ3) is 5.10. The second-order valence-corrected chi connectivity index (χ2v) is 10.3. The third-order valence-corrected chi connectivity index (χ3v) is 7.24. The molecule has 0 aliphatic carbocycles. The summed E-state index contributed by atoms with van der Waals surface area (Å²) < 4.78 is 71.2. The monoisotopic (exact) mass is 550 g/mol. The van der Waals surface area contributed by atoms with Gasteiger partial charge in [-0.3, -0.25) is 4.79 Å². The van der Waals surface area contributed by atoms with Gasteiger partial charge in [-0.2, -0.15) is 18.2 Å². The molecule has 1 aromatic heterocycles. The number of alkyl halides is 3. The normalized spacial score (nSPS) is 13.7. The zero-order chi connectivity index (χ0) is 27.0. The van der Waals surface area contributed by atoms with Crippen LogP contribution in [0.25, 0.3) is 22.6 Å². The molecule has 192 valence electrons. The molecule has 4 aromatic rings. The summed E-state index contributed by atoms with van der Waals surface area (Å²) in [6, 6.07) is 20.5. The molecular formula is C25H18ClF3N2O5S. The van der Waals surface area contributed by atoms with Crippen LogP contribution in [0.2, 0.25) is 5.02 Å². The highest BCUT2D eigenvalue weighted by molar-refractivity contribution is 7.91. The van der Waals surface area contributed by atoms with Gasteiger partial charge < -0.3 is 14.8 Å². The van der Waals surface area contributed by atoms with Gasteiger partial charge in [0.25, 0.3) is 15.7 Å². The molecule has 0 saturated heterocycles. The Labute approximate surface area is 214 Å². The van der Waals surface area contributed by atoms with E-state index in [0.717, 1.165) is 18.2 Å². The average molecular weight is 551 g/mol. The van der Waals surface area contributed by atoms with Crippen molar-refractivity contribution in [2.75, 3.05) is 5.32 Å². The third-order valence-electron chi connectivity index (χ3n) is 5.41. The van der Waals surface area contributed by atoms with Crippen LogP contribution in [0, 0.1) is 0 Å². The molecule has 1 amide bonds. The van der Waals surface area contributed by atoms with E-state index >= 15 is 0 Å². The van der Waals surface area contributed by atoms with Gasteiger partial charge in [0.1, 0.15) is 5.69 Å². The number of oxazole rings is 1. The predicted molar refractivity (Wildman–Crippen MR) is 130 cm³/mol. The summed E-state index contributed by atoms with van der Waals surface area (Å²) in [5.41, 5.74) is -2.55. The Bertz CT molecular complexity index is 1500. The Balaban J connectivity index is 1.72. The molecule has 0 bridgehead atoms. The number of anilines is 1. The Kier molecular flexibility index (Phi) is 6.89. The van der Waals surface area contributed by atoms with Crippen molar-refractivity contribution in [1.29, 1.82) is 0 Å². The Morgan fingerprint density at radius 3 is 2.08 bits per heavy atom. The van der Waals surface area contributed by atoms with Crippen LogP contribution in [-0.4, -0.2) is 36.2 Å². The molecule has 0 radical (unpaired) electrons. The lowest BCUT2D eigenvalue weighted by molar-refractivity contribution is -0.242. The van der Waals surface area contributed by atoms with Gasteiger partial charge in [-0.1, -0.05) is 72.3 Å². The average Bonchev–Trinajstić information content (AvgIpc) is 3.32. The fraction of sp³-hybridized carbons (Fsp3) is 0.120. The lowest BCUT2D eigenvalue weighted by atomic mass is 10.1. The minimum Gasteiger partial charge on any atom is -0.427 e. The number of amides is 1. The van der Waals surface area contributed by atoms with Crippen LogP contribution in [0.4, 0.5) is 18.9 Å². The number of benzene rings is 3. The highest BCUT2D eigenvalue weighted by Crippen LogP contribution is 2.37. The van der Waals surface area contributed by atoms with Crippen molar-refractivity contribution in [1.82, 2.24) is 4.98 Å². The molecule has 0 unspecified atom stereocenters. The summed E-state index contributed by atoms with van der Waals surface area (Å²) >= 11 is 6.07. The quantitative estimate of drug-likeness (QED) is 0.316. The van der Waals surface area contributed by atoms with Crippen molar-refractivity contribution in [3.63, 3.8) is 0 Å². The molecular weight excluding hydrogens is 533 g/mol. The number of halogens is 4. The van der Waals surface area contributed by atoms with Crippen LogP contribution in [0.1, 0.15) is 6.92 Å². The van der Waals surface area contributed by atoms with Crippen LogP contribution < -0.4 is 5.32 Å². The first kappa shape index (κ1) is 26.4. The van der Waals surface area contributed by atoms with Crippen molar-refractivity contribution >= 4 is 33.0 Å². The molecule has 0 aliphatic heterocycles. The van der Waals surface area contributed by atoms with Gasteiger partial charge in [-0.05, 0) is 25.1 Å². The van der Waals surface area contributed by atoms with Crippen LogP contribution in [0.5, 0.6) is 0 Å². The number of nitrogens with zero attached hydrogens (tertiary/aromatic N) is 1. The van der Waals surface area contributed by atoms with Crippen molar-refractivity contribution in [3.05, 3.63) is 83.9 Å². The Hall–Kier alpha value is -3.67. The molecule has 4 rings (SSSR count). The van der Waals surface area contributed by atoms with E-state index in [4.69, 9.17) is 16.0 Å². The summed E-state index contributed by atoms with van der Waals surface area (Å²) in [4.78, 5) is 15.8. The number of aliphatic hydroxyl groups is 1. The SMILES string of the molecule is C[C@@](O)(C(=O)Nc1ccc(S(=O)(=O)c2nc(-c3ccccc3)c(-c3ccccc3)o2)cc1Cl)C(F)(F)F. The van der Waals surface area contributed by atoms with Gasteiger partial charge in [0.2, 0.25) is 5.60 Å². The number of hydrogen-bond donors (Lipinski definition) is 2. The number of hydrogen-bond acceptors (Lipinski definition) is 6. The van der Waals surface area contributed by atoms with Gasteiger partial charge >= 0.3 is 11.4 Å². The largest absolute Gasteiger partial charge is 0.427 e. The predicted octanol–water partition coefficient (Wildman–Crippen LogP) is 5.75. The molecule has 0 spiro atoms. The number of sulfone groups is 1. The lowest BCUT2D eigenvalue weighted by Crippen LogP contribution is -2.52. The molecule has 1 atom stereocenters. The Morgan fingerprint density at radius 2 is 1.54 bits per heavy atom. The van der Waals surface area contributed by atoms with Gasteiger partial charge in [0.05, 0.1) is 15.6 Å². The molecule has 7 nitrogen and oxygen atoms in total. The van der Waals surface area contributed by atoms with E-state index < -0.39 is 32.7 Å². The van der Waals surface area contributed by atoms with Crippen LogP contribution >= 0.6 is 11.6 Å².